The minimum atomic E-state index is -0.683. The molecule has 126 valence electrons. The van der Waals surface area contributed by atoms with Gasteiger partial charge in [0.25, 0.3) is 0 Å². The van der Waals surface area contributed by atoms with E-state index in [1.807, 2.05) is 6.07 Å². The number of aromatic nitrogens is 2. The van der Waals surface area contributed by atoms with E-state index in [9.17, 15) is 5.11 Å². The highest BCUT2D eigenvalue weighted by molar-refractivity contribution is 6.29. The number of aliphatic hydroxyl groups is 1. The summed E-state index contributed by atoms with van der Waals surface area (Å²) in [5.74, 6) is 1.00. The summed E-state index contributed by atoms with van der Waals surface area (Å²) in [5, 5.41) is 29.2. The summed E-state index contributed by atoms with van der Waals surface area (Å²) in [6.07, 6.45) is -0.683. The molecule has 8 heteroatoms. The summed E-state index contributed by atoms with van der Waals surface area (Å²) < 4.78 is 10.8. The number of nitriles is 1. The van der Waals surface area contributed by atoms with E-state index >= 15 is 0 Å². The zero-order chi connectivity index (χ0) is 17.2. The van der Waals surface area contributed by atoms with Crippen molar-refractivity contribution >= 4 is 11.6 Å². The van der Waals surface area contributed by atoms with E-state index in [2.05, 4.69) is 15.5 Å². The summed E-state index contributed by atoms with van der Waals surface area (Å²) in [6.45, 7) is 1.47. The molecule has 0 aliphatic heterocycles. The minimum absolute atomic E-state index is 0.0970. The van der Waals surface area contributed by atoms with E-state index in [4.69, 9.17) is 26.3 Å². The Kier molecular flexibility index (Phi) is 7.23. The van der Waals surface area contributed by atoms with Crippen molar-refractivity contribution in [2.45, 2.75) is 6.10 Å². The third-order valence-corrected chi connectivity index (χ3v) is 3.14. The van der Waals surface area contributed by atoms with Crippen LogP contribution in [0.3, 0.4) is 0 Å². The van der Waals surface area contributed by atoms with Crippen LogP contribution in [-0.2, 0) is 0 Å². The highest BCUT2D eigenvalue weighted by Crippen LogP contribution is 2.11. The van der Waals surface area contributed by atoms with Crippen LogP contribution >= 0.6 is 11.6 Å². The molecule has 1 unspecified atom stereocenters. The summed E-state index contributed by atoms with van der Waals surface area (Å²) in [5.41, 5.74) is 0.592. The number of ether oxygens (including phenoxy) is 2. The molecule has 0 amide bonds. The van der Waals surface area contributed by atoms with Crippen LogP contribution in [0, 0.1) is 11.3 Å². The second-order valence-corrected chi connectivity index (χ2v) is 5.24. The molecule has 2 aromatic rings. The molecule has 0 spiro atoms. The zero-order valence-corrected chi connectivity index (χ0v) is 13.6. The van der Waals surface area contributed by atoms with Gasteiger partial charge in [0.1, 0.15) is 25.1 Å². The zero-order valence-electron chi connectivity index (χ0n) is 12.9. The first-order valence-corrected chi connectivity index (χ1v) is 7.69. The van der Waals surface area contributed by atoms with Crippen LogP contribution < -0.4 is 14.8 Å². The molecule has 1 aromatic heterocycles. The van der Waals surface area contributed by atoms with Crippen molar-refractivity contribution in [3.8, 4) is 17.7 Å². The van der Waals surface area contributed by atoms with Gasteiger partial charge in [-0.25, -0.2) is 0 Å². The van der Waals surface area contributed by atoms with Crippen molar-refractivity contribution in [1.29, 1.82) is 5.26 Å². The third-order valence-electron chi connectivity index (χ3n) is 2.94. The SMILES string of the molecule is N#Cc1ccc(OCCNCC(O)COc2ccc(Cl)nn2)cc1. The first-order chi connectivity index (χ1) is 11.7. The van der Waals surface area contributed by atoms with Crippen LogP contribution in [0.25, 0.3) is 0 Å². The maximum Gasteiger partial charge on any atom is 0.233 e. The fourth-order valence-corrected chi connectivity index (χ4v) is 1.86. The first kappa shape index (κ1) is 17.9. The molecule has 7 nitrogen and oxygen atoms in total. The van der Waals surface area contributed by atoms with Crippen molar-refractivity contribution in [3.05, 3.63) is 47.1 Å². The van der Waals surface area contributed by atoms with Crippen LogP contribution in [0.5, 0.6) is 11.6 Å². The van der Waals surface area contributed by atoms with Crippen LogP contribution in [0.2, 0.25) is 5.15 Å². The maximum absolute atomic E-state index is 9.81. The largest absolute Gasteiger partial charge is 0.492 e. The Morgan fingerprint density at radius 2 is 1.96 bits per heavy atom. The lowest BCUT2D eigenvalue weighted by Gasteiger charge is -2.13. The topological polar surface area (TPSA) is 100 Å². The number of nitrogens with zero attached hydrogens (tertiary/aromatic N) is 3. The van der Waals surface area contributed by atoms with Gasteiger partial charge in [-0.15, -0.1) is 10.2 Å². The summed E-state index contributed by atoms with van der Waals surface area (Å²) >= 11 is 5.62. The molecule has 0 aliphatic rings. The minimum Gasteiger partial charge on any atom is -0.492 e. The summed E-state index contributed by atoms with van der Waals surface area (Å²) in [7, 11) is 0. The fourth-order valence-electron chi connectivity index (χ4n) is 1.76. The molecule has 0 aliphatic carbocycles. The first-order valence-electron chi connectivity index (χ1n) is 7.31. The molecule has 0 radical (unpaired) electrons. The van der Waals surface area contributed by atoms with Crippen molar-refractivity contribution in [3.63, 3.8) is 0 Å². The Labute approximate surface area is 144 Å². The highest BCUT2D eigenvalue weighted by Gasteiger charge is 2.06. The van der Waals surface area contributed by atoms with Crippen molar-refractivity contribution in [2.24, 2.45) is 0 Å². The Morgan fingerprint density at radius 1 is 1.17 bits per heavy atom. The summed E-state index contributed by atoms with van der Waals surface area (Å²) in [4.78, 5) is 0. The van der Waals surface area contributed by atoms with E-state index in [-0.39, 0.29) is 11.8 Å². The Balaban J connectivity index is 1.56. The van der Waals surface area contributed by atoms with Crippen LogP contribution in [0.15, 0.2) is 36.4 Å². The molecular formula is C16H17ClN4O3. The number of nitrogens with one attached hydrogen (secondary N) is 1. The molecule has 0 bridgehead atoms. The van der Waals surface area contributed by atoms with Gasteiger partial charge in [0.05, 0.1) is 11.6 Å². The fraction of sp³-hybridized carbons (Fsp3) is 0.312. The van der Waals surface area contributed by atoms with Gasteiger partial charge in [-0.3, -0.25) is 0 Å². The van der Waals surface area contributed by atoms with Crippen molar-refractivity contribution in [2.75, 3.05) is 26.3 Å². The number of aliphatic hydroxyl groups excluding tert-OH is 1. The van der Waals surface area contributed by atoms with Gasteiger partial charge in [-0.1, -0.05) is 11.6 Å². The van der Waals surface area contributed by atoms with E-state index in [1.54, 1.807) is 36.4 Å². The Morgan fingerprint density at radius 3 is 2.62 bits per heavy atom. The van der Waals surface area contributed by atoms with Crippen molar-refractivity contribution < 1.29 is 14.6 Å². The molecule has 2 N–H and O–H groups in total. The van der Waals surface area contributed by atoms with E-state index in [1.165, 1.54) is 0 Å². The summed E-state index contributed by atoms with van der Waals surface area (Å²) in [6, 6.07) is 12.1. The maximum atomic E-state index is 9.81. The van der Waals surface area contributed by atoms with E-state index < -0.39 is 6.10 Å². The average molecular weight is 349 g/mol. The molecule has 1 aromatic carbocycles. The number of halogens is 1. The number of benzene rings is 1. The standard InChI is InChI=1S/C16H17ClN4O3/c17-15-5-6-16(21-20-15)24-11-13(22)10-19-7-8-23-14-3-1-12(9-18)2-4-14/h1-6,13,19,22H,7-8,10-11H2. The van der Waals surface area contributed by atoms with Crippen LogP contribution in [0.4, 0.5) is 0 Å². The molecular weight excluding hydrogens is 332 g/mol. The van der Waals surface area contributed by atoms with Crippen LogP contribution in [-0.4, -0.2) is 47.7 Å². The lowest BCUT2D eigenvalue weighted by Crippen LogP contribution is -2.33. The number of hydrogen-bond donors (Lipinski definition) is 2. The molecule has 1 heterocycles. The van der Waals surface area contributed by atoms with Gasteiger partial charge in [-0.2, -0.15) is 5.26 Å². The van der Waals surface area contributed by atoms with Gasteiger partial charge in [-0.05, 0) is 30.3 Å². The van der Waals surface area contributed by atoms with Gasteiger partial charge >= 0.3 is 0 Å². The molecule has 24 heavy (non-hydrogen) atoms. The Bertz CT molecular complexity index is 659. The number of hydrogen-bond acceptors (Lipinski definition) is 7. The van der Waals surface area contributed by atoms with Crippen LogP contribution in [0.1, 0.15) is 5.56 Å². The van der Waals surface area contributed by atoms with E-state index in [0.717, 1.165) is 0 Å². The van der Waals surface area contributed by atoms with Crippen molar-refractivity contribution in [1.82, 2.24) is 15.5 Å². The smallest absolute Gasteiger partial charge is 0.233 e. The molecule has 0 fully saturated rings. The lowest BCUT2D eigenvalue weighted by molar-refractivity contribution is 0.102. The quantitative estimate of drug-likeness (QED) is 0.661. The predicted octanol–water partition coefficient (Wildman–Crippen LogP) is 1.41. The van der Waals surface area contributed by atoms with Gasteiger partial charge in [0, 0.05) is 19.2 Å². The van der Waals surface area contributed by atoms with Gasteiger partial charge in [0.15, 0.2) is 5.15 Å². The predicted molar refractivity (Wildman–Crippen MR) is 88.1 cm³/mol. The Hall–Kier alpha value is -2.40. The average Bonchev–Trinajstić information content (AvgIpc) is 2.61. The molecule has 0 saturated heterocycles. The molecule has 0 saturated carbocycles. The second-order valence-electron chi connectivity index (χ2n) is 4.85. The normalized spacial score (nSPS) is 11.5. The highest BCUT2D eigenvalue weighted by atomic mass is 35.5. The third kappa shape index (κ3) is 6.38. The number of rotatable bonds is 9. The lowest BCUT2D eigenvalue weighted by atomic mass is 10.2. The van der Waals surface area contributed by atoms with E-state index in [0.29, 0.717) is 36.9 Å². The molecule has 2 rings (SSSR count). The van der Waals surface area contributed by atoms with Gasteiger partial charge in [0.2, 0.25) is 5.88 Å². The van der Waals surface area contributed by atoms with Gasteiger partial charge < -0.3 is 19.9 Å². The monoisotopic (exact) mass is 348 g/mol. The molecule has 1 atom stereocenters. The second kappa shape index (κ2) is 9.67.